The van der Waals surface area contributed by atoms with E-state index in [-0.39, 0.29) is 6.61 Å². The molecule has 1 rings (SSSR count). The van der Waals surface area contributed by atoms with Crippen LogP contribution in [0.3, 0.4) is 0 Å². The Morgan fingerprint density at radius 1 is 1.26 bits per heavy atom. The van der Waals surface area contributed by atoms with Crippen molar-refractivity contribution >= 4 is 27.8 Å². The molecule has 0 unspecified atom stereocenters. The zero-order chi connectivity index (χ0) is 17.7. The van der Waals surface area contributed by atoms with Crippen molar-refractivity contribution in [3.63, 3.8) is 0 Å². The van der Waals surface area contributed by atoms with E-state index in [1.807, 2.05) is 0 Å². The Labute approximate surface area is 142 Å². The van der Waals surface area contributed by atoms with Gasteiger partial charge in [0.05, 0.1) is 18.9 Å². The van der Waals surface area contributed by atoms with Gasteiger partial charge in [0.15, 0.2) is 0 Å². The molecular formula is C15H22ClNO5S. The van der Waals surface area contributed by atoms with Gasteiger partial charge < -0.3 is 10.1 Å². The maximum absolute atomic E-state index is 11.9. The highest BCUT2D eigenvalue weighted by atomic mass is 35.5. The molecule has 0 aliphatic rings. The highest BCUT2D eigenvalue weighted by Crippen LogP contribution is 2.12. The molecule has 0 aliphatic carbocycles. The van der Waals surface area contributed by atoms with Crippen LogP contribution in [0.1, 0.15) is 26.3 Å². The van der Waals surface area contributed by atoms with E-state index >= 15 is 0 Å². The number of benzene rings is 1. The summed E-state index contributed by atoms with van der Waals surface area (Å²) in [5.41, 5.74) is 0.236. The summed E-state index contributed by atoms with van der Waals surface area (Å²) in [5, 5.41) is 3.22. The third-order valence-electron chi connectivity index (χ3n) is 2.60. The Hall–Kier alpha value is -1.31. The molecule has 0 fully saturated rings. The average Bonchev–Trinajstić information content (AvgIpc) is 2.35. The van der Waals surface area contributed by atoms with E-state index in [1.54, 1.807) is 45.0 Å². The normalized spacial score (nSPS) is 13.4. The van der Waals surface area contributed by atoms with E-state index in [9.17, 15) is 13.2 Å². The predicted molar refractivity (Wildman–Crippen MR) is 89.1 cm³/mol. The third kappa shape index (κ3) is 9.43. The van der Waals surface area contributed by atoms with Crippen molar-refractivity contribution in [1.29, 1.82) is 0 Å². The standard InChI is InChI=1S/C15H22ClNO5S/c1-15(2,3)22-14(18)17-13(10-21-23(4,19)20)9-11-5-7-12(16)8-6-11/h5-8,13H,9-10H2,1-4H3,(H,17,18)/t13-/m0/s1. The van der Waals surface area contributed by atoms with E-state index in [0.717, 1.165) is 11.8 Å². The van der Waals surface area contributed by atoms with E-state index in [0.29, 0.717) is 11.4 Å². The smallest absolute Gasteiger partial charge is 0.407 e. The van der Waals surface area contributed by atoms with Crippen LogP contribution < -0.4 is 5.32 Å². The second-order valence-corrected chi connectivity index (χ2v) is 8.24. The first kappa shape index (κ1) is 19.7. The van der Waals surface area contributed by atoms with Crippen molar-refractivity contribution < 1.29 is 22.1 Å². The molecule has 1 atom stereocenters. The van der Waals surface area contributed by atoms with Crippen molar-refractivity contribution in [3.05, 3.63) is 34.9 Å². The highest BCUT2D eigenvalue weighted by Gasteiger charge is 2.21. The monoisotopic (exact) mass is 363 g/mol. The van der Waals surface area contributed by atoms with Gasteiger partial charge in [0, 0.05) is 5.02 Å². The molecule has 8 heteroatoms. The molecule has 0 saturated carbocycles. The number of carbonyl (C=O) groups is 1. The summed E-state index contributed by atoms with van der Waals surface area (Å²) in [6.45, 7) is 5.05. The van der Waals surface area contributed by atoms with Gasteiger partial charge in [0.25, 0.3) is 10.1 Å². The SMILES string of the molecule is CC(C)(C)OC(=O)N[C@H](COS(C)(=O)=O)Cc1ccc(Cl)cc1. The Bertz CT molecular complexity index is 622. The second-order valence-electron chi connectivity index (χ2n) is 6.16. The quantitative estimate of drug-likeness (QED) is 0.786. The summed E-state index contributed by atoms with van der Waals surface area (Å²) in [7, 11) is -3.60. The van der Waals surface area contributed by atoms with Crippen molar-refractivity contribution in [2.75, 3.05) is 12.9 Å². The van der Waals surface area contributed by atoms with E-state index in [2.05, 4.69) is 5.32 Å². The van der Waals surface area contributed by atoms with Gasteiger partial charge in [-0.1, -0.05) is 23.7 Å². The molecule has 0 saturated heterocycles. The second kappa shape index (κ2) is 7.99. The molecule has 0 spiro atoms. The van der Waals surface area contributed by atoms with Gasteiger partial charge in [0.1, 0.15) is 5.60 Å². The Morgan fingerprint density at radius 3 is 2.30 bits per heavy atom. The lowest BCUT2D eigenvalue weighted by atomic mass is 10.1. The predicted octanol–water partition coefficient (Wildman–Crippen LogP) is 2.75. The van der Waals surface area contributed by atoms with Crippen LogP contribution in [0.15, 0.2) is 24.3 Å². The van der Waals surface area contributed by atoms with Crippen LogP contribution in [0.5, 0.6) is 0 Å². The van der Waals surface area contributed by atoms with Crippen LogP contribution in [0.4, 0.5) is 4.79 Å². The molecule has 1 N–H and O–H groups in total. The lowest BCUT2D eigenvalue weighted by molar-refractivity contribution is 0.0488. The zero-order valence-electron chi connectivity index (χ0n) is 13.6. The summed E-state index contributed by atoms with van der Waals surface area (Å²) in [6, 6.07) is 6.48. The van der Waals surface area contributed by atoms with Crippen LogP contribution in [0.2, 0.25) is 5.02 Å². The third-order valence-corrected chi connectivity index (χ3v) is 3.42. The van der Waals surface area contributed by atoms with Crippen LogP contribution in [-0.4, -0.2) is 39.0 Å². The summed E-state index contributed by atoms with van der Waals surface area (Å²) < 4.78 is 32.3. The van der Waals surface area contributed by atoms with Crippen LogP contribution >= 0.6 is 11.6 Å². The van der Waals surface area contributed by atoms with Gasteiger partial charge in [-0.3, -0.25) is 4.18 Å². The van der Waals surface area contributed by atoms with E-state index in [1.165, 1.54) is 0 Å². The topological polar surface area (TPSA) is 81.7 Å². The van der Waals surface area contributed by atoms with Gasteiger partial charge >= 0.3 is 6.09 Å². The lowest BCUT2D eigenvalue weighted by Crippen LogP contribution is -2.43. The number of ether oxygens (including phenoxy) is 1. The number of alkyl carbamates (subject to hydrolysis) is 1. The minimum Gasteiger partial charge on any atom is -0.444 e. The molecule has 1 amide bonds. The fourth-order valence-corrected chi connectivity index (χ4v) is 2.27. The minimum absolute atomic E-state index is 0.180. The van der Waals surface area contributed by atoms with Gasteiger partial charge in [-0.15, -0.1) is 0 Å². The number of halogens is 1. The van der Waals surface area contributed by atoms with Gasteiger partial charge in [-0.2, -0.15) is 8.42 Å². The first-order valence-corrected chi connectivity index (χ1v) is 9.22. The maximum Gasteiger partial charge on any atom is 0.407 e. The molecule has 1 aromatic rings. The van der Waals surface area contributed by atoms with Crippen molar-refractivity contribution in [1.82, 2.24) is 5.32 Å². The Kier molecular flexibility index (Phi) is 6.85. The fraction of sp³-hybridized carbons (Fsp3) is 0.533. The zero-order valence-corrected chi connectivity index (χ0v) is 15.2. The average molecular weight is 364 g/mol. The van der Waals surface area contributed by atoms with Gasteiger partial charge in [0.2, 0.25) is 0 Å². The summed E-state index contributed by atoms with van der Waals surface area (Å²) in [6.07, 6.45) is 0.708. The summed E-state index contributed by atoms with van der Waals surface area (Å²) in [4.78, 5) is 11.9. The molecule has 0 radical (unpaired) electrons. The van der Waals surface area contributed by atoms with Gasteiger partial charge in [-0.05, 0) is 44.9 Å². The number of hydrogen-bond acceptors (Lipinski definition) is 5. The summed E-state index contributed by atoms with van der Waals surface area (Å²) >= 11 is 5.83. The number of nitrogens with one attached hydrogen (secondary N) is 1. The van der Waals surface area contributed by atoms with Crippen LogP contribution in [0, 0.1) is 0 Å². The Balaban J connectivity index is 2.75. The lowest BCUT2D eigenvalue weighted by Gasteiger charge is -2.23. The molecular weight excluding hydrogens is 342 g/mol. The number of rotatable bonds is 6. The van der Waals surface area contributed by atoms with Crippen LogP contribution in [0.25, 0.3) is 0 Å². The highest BCUT2D eigenvalue weighted by molar-refractivity contribution is 7.85. The van der Waals surface area contributed by atoms with Crippen molar-refractivity contribution in [3.8, 4) is 0 Å². The Morgan fingerprint density at radius 2 is 1.83 bits per heavy atom. The number of hydrogen-bond donors (Lipinski definition) is 1. The molecule has 0 bridgehead atoms. The molecule has 1 aromatic carbocycles. The molecule has 6 nitrogen and oxygen atoms in total. The number of amides is 1. The summed E-state index contributed by atoms with van der Waals surface area (Å²) in [5.74, 6) is 0. The van der Waals surface area contributed by atoms with E-state index < -0.39 is 27.9 Å². The molecule has 130 valence electrons. The van der Waals surface area contributed by atoms with E-state index in [4.69, 9.17) is 20.5 Å². The first-order chi connectivity index (χ1) is 10.4. The molecule has 0 aromatic heterocycles. The van der Waals surface area contributed by atoms with Crippen molar-refractivity contribution in [2.24, 2.45) is 0 Å². The first-order valence-electron chi connectivity index (χ1n) is 7.03. The molecule has 23 heavy (non-hydrogen) atoms. The fourth-order valence-electron chi connectivity index (χ4n) is 1.74. The van der Waals surface area contributed by atoms with Crippen LogP contribution in [-0.2, 0) is 25.5 Å². The van der Waals surface area contributed by atoms with Gasteiger partial charge in [-0.25, -0.2) is 4.79 Å². The van der Waals surface area contributed by atoms with Crippen molar-refractivity contribution in [2.45, 2.75) is 38.8 Å². The molecule has 0 aliphatic heterocycles. The number of carbonyl (C=O) groups excluding carboxylic acids is 1. The minimum atomic E-state index is -3.60. The largest absolute Gasteiger partial charge is 0.444 e. The molecule has 0 heterocycles. The maximum atomic E-state index is 11.9.